The Hall–Kier alpha value is -1.61. The summed E-state index contributed by atoms with van der Waals surface area (Å²) in [6.45, 7) is 8.04. The molecule has 0 N–H and O–H groups in total. The van der Waals surface area contributed by atoms with Crippen molar-refractivity contribution in [1.82, 2.24) is 14.5 Å². The van der Waals surface area contributed by atoms with Crippen molar-refractivity contribution >= 4 is 22.6 Å². The van der Waals surface area contributed by atoms with E-state index in [1.54, 1.807) is 0 Å². The molecule has 2 heterocycles. The Bertz CT molecular complexity index is 613. The maximum absolute atomic E-state index is 6.09. The highest BCUT2D eigenvalue weighted by Gasteiger charge is 2.13. The zero-order valence-corrected chi connectivity index (χ0v) is 12.1. The molecule has 0 saturated heterocycles. The molecule has 0 aliphatic rings. The zero-order valence-electron chi connectivity index (χ0n) is 11.3. The first-order chi connectivity index (χ1) is 9.17. The lowest BCUT2D eigenvalue weighted by atomic mass is 10.1. The van der Waals surface area contributed by atoms with Crippen LogP contribution in [0.4, 0.5) is 0 Å². The summed E-state index contributed by atoms with van der Waals surface area (Å²) in [7, 11) is 0. The van der Waals surface area contributed by atoms with Crippen LogP contribution in [0.1, 0.15) is 32.7 Å². The first-order valence-corrected chi connectivity index (χ1v) is 6.83. The zero-order chi connectivity index (χ0) is 13.8. The van der Waals surface area contributed by atoms with Crippen molar-refractivity contribution in [2.45, 2.75) is 32.7 Å². The van der Waals surface area contributed by atoms with E-state index in [9.17, 15) is 0 Å². The molecule has 0 aliphatic heterocycles. The summed E-state index contributed by atoms with van der Waals surface area (Å²) in [6, 6.07) is 2.24. The number of aromatic nitrogens is 3. The van der Waals surface area contributed by atoms with E-state index >= 15 is 0 Å². The fourth-order valence-electron chi connectivity index (χ4n) is 2.18. The Morgan fingerprint density at radius 3 is 3.00 bits per heavy atom. The molecule has 1 atom stereocenters. The fourth-order valence-corrected chi connectivity index (χ4v) is 2.37. The van der Waals surface area contributed by atoms with Gasteiger partial charge in [-0.25, -0.2) is 9.97 Å². The maximum Gasteiger partial charge on any atom is 0.145 e. The van der Waals surface area contributed by atoms with Gasteiger partial charge in [0, 0.05) is 6.20 Å². The van der Waals surface area contributed by atoms with E-state index in [4.69, 9.17) is 11.6 Å². The van der Waals surface area contributed by atoms with Crippen molar-refractivity contribution in [2.24, 2.45) is 0 Å². The lowest BCUT2D eigenvalue weighted by molar-refractivity contribution is 0.560. The topological polar surface area (TPSA) is 30.7 Å². The van der Waals surface area contributed by atoms with Crippen LogP contribution in [0.15, 0.2) is 42.9 Å². The van der Waals surface area contributed by atoms with Crippen molar-refractivity contribution in [1.29, 1.82) is 0 Å². The number of nitrogens with zero attached hydrogens (tertiary/aromatic N) is 3. The van der Waals surface area contributed by atoms with E-state index in [-0.39, 0.29) is 6.04 Å². The molecule has 2 aromatic heterocycles. The minimum Gasteiger partial charge on any atom is -0.325 e. The van der Waals surface area contributed by atoms with Gasteiger partial charge in [-0.15, -0.1) is 0 Å². The molecule has 0 aromatic carbocycles. The molecule has 0 radical (unpaired) electrons. The number of allylic oxidation sites excluding steroid dienone is 3. The molecule has 0 aliphatic carbocycles. The molecule has 0 amide bonds. The second kappa shape index (κ2) is 6.02. The van der Waals surface area contributed by atoms with Crippen molar-refractivity contribution in [3.05, 3.63) is 48.0 Å². The Balaban J connectivity index is 2.50. The van der Waals surface area contributed by atoms with E-state index in [0.717, 1.165) is 23.9 Å². The van der Waals surface area contributed by atoms with E-state index in [0.29, 0.717) is 5.15 Å². The molecule has 0 bridgehead atoms. The van der Waals surface area contributed by atoms with E-state index in [1.165, 1.54) is 11.9 Å². The standard InChI is InChI=1S/C15H18ClN3/c1-4-6-12(9-11(3)5-2)19-8-7-13-14(16)17-10-18-15(13)19/h5,7-10,12H,2,4,6H2,1,3H3/b11-9+. The summed E-state index contributed by atoms with van der Waals surface area (Å²) < 4.78 is 2.15. The minimum atomic E-state index is 0.270. The molecule has 1 unspecified atom stereocenters. The van der Waals surface area contributed by atoms with Gasteiger partial charge in [0.05, 0.1) is 11.4 Å². The average molecular weight is 276 g/mol. The normalized spacial score (nSPS) is 13.7. The van der Waals surface area contributed by atoms with Crippen LogP contribution in [-0.4, -0.2) is 14.5 Å². The Labute approximate surface area is 118 Å². The smallest absolute Gasteiger partial charge is 0.145 e. The third-order valence-electron chi connectivity index (χ3n) is 3.18. The third-order valence-corrected chi connectivity index (χ3v) is 3.48. The van der Waals surface area contributed by atoms with E-state index < -0.39 is 0 Å². The molecule has 100 valence electrons. The summed E-state index contributed by atoms with van der Waals surface area (Å²) in [4.78, 5) is 8.36. The first-order valence-electron chi connectivity index (χ1n) is 6.45. The number of hydrogen-bond acceptors (Lipinski definition) is 2. The molecule has 3 nitrogen and oxygen atoms in total. The number of fused-ring (bicyclic) bond motifs is 1. The van der Waals surface area contributed by atoms with Gasteiger partial charge in [-0.05, 0) is 19.4 Å². The molecular weight excluding hydrogens is 258 g/mol. The van der Waals surface area contributed by atoms with Gasteiger partial charge >= 0.3 is 0 Å². The van der Waals surface area contributed by atoms with Crippen LogP contribution in [0.5, 0.6) is 0 Å². The second-order valence-corrected chi connectivity index (χ2v) is 4.95. The van der Waals surface area contributed by atoms with Gasteiger partial charge in [0.1, 0.15) is 17.1 Å². The van der Waals surface area contributed by atoms with Gasteiger partial charge in [-0.1, -0.05) is 49.2 Å². The molecule has 0 fully saturated rings. The van der Waals surface area contributed by atoms with Crippen molar-refractivity contribution in [3.63, 3.8) is 0 Å². The molecule has 2 aromatic rings. The van der Waals surface area contributed by atoms with Crippen LogP contribution >= 0.6 is 11.6 Å². The van der Waals surface area contributed by atoms with Crippen LogP contribution in [-0.2, 0) is 0 Å². The monoisotopic (exact) mass is 275 g/mol. The Kier molecular flexibility index (Phi) is 4.38. The van der Waals surface area contributed by atoms with E-state index in [2.05, 4.69) is 41.0 Å². The number of rotatable bonds is 5. The number of hydrogen-bond donors (Lipinski definition) is 0. The van der Waals surface area contributed by atoms with E-state index in [1.807, 2.05) is 18.3 Å². The lowest BCUT2D eigenvalue weighted by Crippen LogP contribution is -2.06. The molecule has 4 heteroatoms. The van der Waals surface area contributed by atoms with Crippen molar-refractivity contribution in [2.75, 3.05) is 0 Å². The van der Waals surface area contributed by atoms with Gasteiger partial charge in [-0.3, -0.25) is 0 Å². The van der Waals surface area contributed by atoms with Crippen molar-refractivity contribution in [3.8, 4) is 0 Å². The van der Waals surface area contributed by atoms with Crippen LogP contribution in [0.3, 0.4) is 0 Å². The fraction of sp³-hybridized carbons (Fsp3) is 0.333. The molecule has 0 spiro atoms. The van der Waals surface area contributed by atoms with Gasteiger partial charge in [0.25, 0.3) is 0 Å². The van der Waals surface area contributed by atoms with Gasteiger partial charge in [0.15, 0.2) is 0 Å². The molecular formula is C15H18ClN3. The summed E-state index contributed by atoms with van der Waals surface area (Å²) in [5.74, 6) is 0. The average Bonchev–Trinajstić information content (AvgIpc) is 2.83. The van der Waals surface area contributed by atoms with Crippen molar-refractivity contribution < 1.29 is 0 Å². The van der Waals surface area contributed by atoms with Crippen LogP contribution < -0.4 is 0 Å². The van der Waals surface area contributed by atoms with Crippen LogP contribution in [0, 0.1) is 0 Å². The highest BCUT2D eigenvalue weighted by Crippen LogP contribution is 2.26. The van der Waals surface area contributed by atoms with Gasteiger partial charge < -0.3 is 4.57 Å². The first kappa shape index (κ1) is 13.8. The summed E-state index contributed by atoms with van der Waals surface area (Å²) in [5, 5.41) is 1.40. The number of halogens is 1. The Morgan fingerprint density at radius 1 is 1.53 bits per heavy atom. The Morgan fingerprint density at radius 2 is 2.32 bits per heavy atom. The largest absolute Gasteiger partial charge is 0.325 e. The SMILES string of the molecule is C=C/C(C)=C/C(CCC)n1ccc2c(Cl)ncnc21. The molecule has 19 heavy (non-hydrogen) atoms. The minimum absolute atomic E-state index is 0.270. The summed E-state index contributed by atoms with van der Waals surface area (Å²) >= 11 is 6.09. The van der Waals surface area contributed by atoms with Gasteiger partial charge in [0.2, 0.25) is 0 Å². The van der Waals surface area contributed by atoms with Crippen LogP contribution in [0.2, 0.25) is 5.15 Å². The quantitative estimate of drug-likeness (QED) is 0.592. The predicted molar refractivity (Wildman–Crippen MR) is 80.4 cm³/mol. The third kappa shape index (κ3) is 2.87. The lowest BCUT2D eigenvalue weighted by Gasteiger charge is -2.16. The molecule has 0 saturated carbocycles. The maximum atomic E-state index is 6.09. The molecule has 2 rings (SSSR count). The highest BCUT2D eigenvalue weighted by molar-refractivity contribution is 6.33. The predicted octanol–water partition coefficient (Wildman–Crippen LogP) is 4.56. The van der Waals surface area contributed by atoms with Gasteiger partial charge in [-0.2, -0.15) is 0 Å². The highest BCUT2D eigenvalue weighted by atomic mass is 35.5. The summed E-state index contributed by atoms with van der Waals surface area (Å²) in [6.07, 6.45) is 9.77. The second-order valence-electron chi connectivity index (χ2n) is 4.60. The van der Waals surface area contributed by atoms with Crippen LogP contribution in [0.25, 0.3) is 11.0 Å². The summed E-state index contributed by atoms with van der Waals surface area (Å²) in [5.41, 5.74) is 2.05.